The molecule has 1 aliphatic rings. The molecule has 0 spiro atoms. The van der Waals surface area contributed by atoms with Crippen LogP contribution in [-0.2, 0) is 0 Å². The predicted molar refractivity (Wildman–Crippen MR) is 66.7 cm³/mol. The zero-order valence-electron chi connectivity index (χ0n) is 10.6. The number of likely N-dealkylation sites (tertiary alicyclic amines) is 1. The van der Waals surface area contributed by atoms with Gasteiger partial charge in [0.25, 0.3) is 0 Å². The van der Waals surface area contributed by atoms with Crippen molar-refractivity contribution in [1.29, 1.82) is 0 Å². The molecule has 0 atom stereocenters. The van der Waals surface area contributed by atoms with Crippen LogP contribution in [0.15, 0.2) is 0 Å². The van der Waals surface area contributed by atoms with Gasteiger partial charge in [-0.2, -0.15) is 0 Å². The van der Waals surface area contributed by atoms with Gasteiger partial charge in [0.05, 0.1) is 0 Å². The van der Waals surface area contributed by atoms with Crippen molar-refractivity contribution in [2.75, 3.05) is 19.6 Å². The molecule has 0 aromatic carbocycles. The Kier molecular flexibility index (Phi) is 4.67. The maximum absolute atomic E-state index is 5.25. The van der Waals surface area contributed by atoms with Crippen molar-refractivity contribution in [2.45, 2.75) is 46.5 Å². The Bertz CT molecular complexity index is 210. The first-order chi connectivity index (χ1) is 7.04. The summed E-state index contributed by atoms with van der Waals surface area (Å²) in [5, 5.41) is 0. The van der Waals surface area contributed by atoms with Crippen LogP contribution >= 0.6 is 0 Å². The molecule has 0 aromatic heterocycles. The minimum absolute atomic E-state index is 0.491. The van der Waals surface area contributed by atoms with Gasteiger partial charge >= 0.3 is 0 Å². The number of piperidine rings is 1. The lowest BCUT2D eigenvalue weighted by molar-refractivity contribution is 0.112. The molecular formula is C14H25N. The Hall–Kier alpha value is -0.480. The number of hydrogen-bond donors (Lipinski definition) is 0. The Morgan fingerprint density at radius 3 is 2.33 bits per heavy atom. The second-order valence-electron chi connectivity index (χ2n) is 5.79. The number of terminal acetylenes is 1. The highest BCUT2D eigenvalue weighted by Gasteiger charge is 2.28. The van der Waals surface area contributed by atoms with Gasteiger partial charge in [-0.15, -0.1) is 12.3 Å². The minimum Gasteiger partial charge on any atom is -0.303 e. The second-order valence-corrected chi connectivity index (χ2v) is 5.79. The lowest BCUT2D eigenvalue weighted by Crippen LogP contribution is -2.38. The Labute approximate surface area is 95.2 Å². The lowest BCUT2D eigenvalue weighted by atomic mass is 9.75. The van der Waals surface area contributed by atoms with Crippen LogP contribution in [0.25, 0.3) is 0 Å². The summed E-state index contributed by atoms with van der Waals surface area (Å²) in [7, 11) is 0. The fraction of sp³-hybridized carbons (Fsp3) is 0.857. The topological polar surface area (TPSA) is 3.24 Å². The average Bonchev–Trinajstić information content (AvgIpc) is 2.18. The molecule has 1 nitrogen and oxygen atoms in total. The first kappa shape index (κ1) is 12.6. The first-order valence-corrected chi connectivity index (χ1v) is 6.20. The quantitative estimate of drug-likeness (QED) is 0.507. The zero-order valence-corrected chi connectivity index (χ0v) is 10.6. The molecule has 0 aliphatic carbocycles. The zero-order chi connectivity index (χ0) is 11.3. The molecule has 0 amide bonds. The van der Waals surface area contributed by atoms with Crippen molar-refractivity contribution < 1.29 is 0 Å². The van der Waals surface area contributed by atoms with Crippen LogP contribution in [-0.4, -0.2) is 24.5 Å². The van der Waals surface area contributed by atoms with Crippen LogP contribution in [0.4, 0.5) is 0 Å². The summed E-state index contributed by atoms with van der Waals surface area (Å²) in [6.45, 7) is 10.8. The molecule has 1 heteroatoms. The number of rotatable bonds is 3. The van der Waals surface area contributed by atoms with E-state index in [-0.39, 0.29) is 0 Å². The third-order valence-corrected chi connectivity index (χ3v) is 3.61. The summed E-state index contributed by atoms with van der Waals surface area (Å²) in [6, 6.07) is 0. The van der Waals surface area contributed by atoms with Gasteiger partial charge in [0.1, 0.15) is 0 Å². The number of nitrogens with zero attached hydrogens (tertiary/aromatic N) is 1. The maximum atomic E-state index is 5.25. The van der Waals surface area contributed by atoms with Crippen LogP contribution in [0, 0.1) is 23.7 Å². The molecule has 1 rings (SSSR count). The van der Waals surface area contributed by atoms with E-state index in [9.17, 15) is 0 Å². The van der Waals surface area contributed by atoms with Crippen molar-refractivity contribution in [3.05, 3.63) is 0 Å². The monoisotopic (exact) mass is 207 g/mol. The van der Waals surface area contributed by atoms with Gasteiger partial charge in [-0.25, -0.2) is 0 Å². The van der Waals surface area contributed by atoms with Crippen LogP contribution < -0.4 is 0 Å². The molecule has 15 heavy (non-hydrogen) atoms. The summed E-state index contributed by atoms with van der Waals surface area (Å²) < 4.78 is 0. The van der Waals surface area contributed by atoms with Gasteiger partial charge in [-0.05, 0) is 50.2 Å². The summed E-state index contributed by atoms with van der Waals surface area (Å²) in [4.78, 5) is 2.57. The molecule has 86 valence electrons. The molecule has 0 N–H and O–H groups in total. The Morgan fingerprint density at radius 1 is 1.27 bits per heavy atom. The summed E-state index contributed by atoms with van der Waals surface area (Å²) in [6.07, 6.45) is 10.1. The molecule has 1 saturated heterocycles. The third kappa shape index (κ3) is 4.26. The van der Waals surface area contributed by atoms with Crippen molar-refractivity contribution in [3.8, 4) is 12.3 Å². The molecular weight excluding hydrogens is 182 g/mol. The van der Waals surface area contributed by atoms with E-state index in [0.717, 1.165) is 18.8 Å². The molecule has 0 bridgehead atoms. The highest BCUT2D eigenvalue weighted by atomic mass is 15.1. The molecule has 0 unspecified atom stereocenters. The number of unbranched alkanes of at least 4 members (excludes halogenated alkanes) is 1. The van der Waals surface area contributed by atoms with E-state index in [1.54, 1.807) is 0 Å². The van der Waals surface area contributed by atoms with E-state index in [0.29, 0.717) is 5.41 Å². The molecule has 1 heterocycles. The van der Waals surface area contributed by atoms with Crippen LogP contribution in [0.2, 0.25) is 0 Å². The van der Waals surface area contributed by atoms with Crippen molar-refractivity contribution in [2.24, 2.45) is 11.3 Å². The average molecular weight is 207 g/mol. The summed E-state index contributed by atoms with van der Waals surface area (Å²) >= 11 is 0. The van der Waals surface area contributed by atoms with Gasteiger partial charge in [0.15, 0.2) is 0 Å². The Morgan fingerprint density at radius 2 is 1.87 bits per heavy atom. The summed E-state index contributed by atoms with van der Waals surface area (Å²) in [5.41, 5.74) is 0.491. The molecule has 0 saturated carbocycles. The van der Waals surface area contributed by atoms with Crippen molar-refractivity contribution in [3.63, 3.8) is 0 Å². The van der Waals surface area contributed by atoms with Crippen molar-refractivity contribution in [1.82, 2.24) is 4.90 Å². The van der Waals surface area contributed by atoms with E-state index in [1.165, 1.54) is 32.5 Å². The SMILES string of the molecule is C#CCCCN1CCC(C(C)(C)C)CC1. The maximum Gasteiger partial charge on any atom is 0.00982 e. The highest BCUT2D eigenvalue weighted by Crippen LogP contribution is 2.34. The number of hydrogen-bond acceptors (Lipinski definition) is 1. The van der Waals surface area contributed by atoms with Gasteiger partial charge in [0.2, 0.25) is 0 Å². The third-order valence-electron chi connectivity index (χ3n) is 3.61. The molecule has 0 radical (unpaired) electrons. The fourth-order valence-corrected chi connectivity index (χ4v) is 2.43. The molecule has 0 aromatic rings. The van der Waals surface area contributed by atoms with Crippen LogP contribution in [0.5, 0.6) is 0 Å². The van der Waals surface area contributed by atoms with E-state index in [1.807, 2.05) is 0 Å². The standard InChI is InChI=1S/C14H25N/c1-5-6-7-10-15-11-8-13(9-12-15)14(2,3)4/h1,13H,6-12H2,2-4H3. The lowest BCUT2D eigenvalue weighted by Gasteiger charge is -2.38. The van der Waals surface area contributed by atoms with E-state index in [4.69, 9.17) is 6.42 Å². The van der Waals surface area contributed by atoms with E-state index < -0.39 is 0 Å². The summed E-state index contributed by atoms with van der Waals surface area (Å²) in [5.74, 6) is 3.62. The van der Waals surface area contributed by atoms with E-state index in [2.05, 4.69) is 31.6 Å². The van der Waals surface area contributed by atoms with Crippen molar-refractivity contribution >= 4 is 0 Å². The molecule has 1 fully saturated rings. The largest absolute Gasteiger partial charge is 0.303 e. The normalized spacial score (nSPS) is 20.1. The van der Waals surface area contributed by atoms with Gasteiger partial charge in [0, 0.05) is 6.42 Å². The fourth-order valence-electron chi connectivity index (χ4n) is 2.43. The second kappa shape index (κ2) is 5.56. The smallest absolute Gasteiger partial charge is 0.00982 e. The van der Waals surface area contributed by atoms with Crippen LogP contribution in [0.3, 0.4) is 0 Å². The highest BCUT2D eigenvalue weighted by molar-refractivity contribution is 4.84. The minimum atomic E-state index is 0.491. The van der Waals surface area contributed by atoms with Crippen LogP contribution in [0.1, 0.15) is 46.5 Å². The Balaban J connectivity index is 2.22. The van der Waals surface area contributed by atoms with Gasteiger partial charge in [-0.3, -0.25) is 0 Å². The first-order valence-electron chi connectivity index (χ1n) is 6.20. The molecule has 1 aliphatic heterocycles. The van der Waals surface area contributed by atoms with E-state index >= 15 is 0 Å². The van der Waals surface area contributed by atoms with Gasteiger partial charge in [-0.1, -0.05) is 20.8 Å². The van der Waals surface area contributed by atoms with Gasteiger partial charge < -0.3 is 4.90 Å². The predicted octanol–water partition coefficient (Wildman–Crippen LogP) is 3.16.